The first-order chi connectivity index (χ1) is 11.8. The number of carbonyl (C=O) groups excluding carboxylic acids is 1. The molecule has 1 aromatic carbocycles. The van der Waals surface area contributed by atoms with Crippen molar-refractivity contribution in [2.75, 3.05) is 18.4 Å². The number of nitrogens with zero attached hydrogens (tertiary/aromatic N) is 2. The van der Waals surface area contributed by atoms with Crippen molar-refractivity contribution < 1.29 is 4.79 Å². The van der Waals surface area contributed by atoms with E-state index in [2.05, 4.69) is 20.6 Å². The fourth-order valence-electron chi connectivity index (χ4n) is 4.14. The Morgan fingerprint density at radius 1 is 1.12 bits per heavy atom. The number of amides is 1. The predicted molar refractivity (Wildman–Crippen MR) is 93.4 cm³/mol. The van der Waals surface area contributed by atoms with Gasteiger partial charge in [-0.15, -0.1) is 0 Å². The highest BCUT2D eigenvalue weighted by Crippen LogP contribution is 2.44. The molecule has 0 unspecified atom stereocenters. The molecule has 2 fully saturated rings. The highest BCUT2D eigenvalue weighted by Gasteiger charge is 2.49. The molecule has 124 valence electrons. The van der Waals surface area contributed by atoms with Crippen molar-refractivity contribution in [1.82, 2.24) is 15.3 Å². The van der Waals surface area contributed by atoms with Gasteiger partial charge < -0.3 is 10.6 Å². The molecule has 24 heavy (non-hydrogen) atoms. The van der Waals surface area contributed by atoms with E-state index in [9.17, 15) is 4.79 Å². The molecule has 1 saturated carbocycles. The van der Waals surface area contributed by atoms with Gasteiger partial charge in [0.05, 0.1) is 5.41 Å². The molecular formula is C19H22N4O. The Morgan fingerprint density at radius 2 is 1.92 bits per heavy atom. The van der Waals surface area contributed by atoms with Gasteiger partial charge in [0.1, 0.15) is 6.33 Å². The van der Waals surface area contributed by atoms with Gasteiger partial charge in [0.15, 0.2) is 0 Å². The molecule has 5 nitrogen and oxygen atoms in total. The summed E-state index contributed by atoms with van der Waals surface area (Å²) in [6.07, 6.45) is 9.65. The van der Waals surface area contributed by atoms with Gasteiger partial charge in [-0.2, -0.15) is 0 Å². The normalized spacial score (nSPS) is 25.9. The molecule has 2 aromatic rings. The summed E-state index contributed by atoms with van der Waals surface area (Å²) in [6.45, 7) is 1.78. The fraction of sp³-hybridized carbons (Fsp3) is 0.421. The first-order valence-corrected chi connectivity index (χ1v) is 8.66. The van der Waals surface area contributed by atoms with Gasteiger partial charge in [-0.1, -0.05) is 25.0 Å². The quantitative estimate of drug-likeness (QED) is 0.912. The van der Waals surface area contributed by atoms with Crippen molar-refractivity contribution in [3.8, 4) is 11.1 Å². The molecule has 1 amide bonds. The number of carbonyl (C=O) groups is 1. The van der Waals surface area contributed by atoms with E-state index in [1.54, 1.807) is 12.4 Å². The van der Waals surface area contributed by atoms with E-state index in [0.29, 0.717) is 5.92 Å². The zero-order valence-corrected chi connectivity index (χ0v) is 13.7. The Morgan fingerprint density at radius 3 is 2.71 bits per heavy atom. The van der Waals surface area contributed by atoms with E-state index in [-0.39, 0.29) is 11.3 Å². The Hall–Kier alpha value is -2.27. The molecule has 1 aliphatic carbocycles. The van der Waals surface area contributed by atoms with E-state index in [1.165, 1.54) is 12.7 Å². The predicted octanol–water partition coefficient (Wildman–Crippen LogP) is 2.86. The van der Waals surface area contributed by atoms with Crippen molar-refractivity contribution in [2.45, 2.75) is 25.7 Å². The number of rotatable bonds is 3. The van der Waals surface area contributed by atoms with E-state index in [1.807, 2.05) is 24.3 Å². The van der Waals surface area contributed by atoms with Crippen LogP contribution in [0.25, 0.3) is 11.1 Å². The van der Waals surface area contributed by atoms with E-state index < -0.39 is 0 Å². The van der Waals surface area contributed by atoms with Crippen molar-refractivity contribution in [3.05, 3.63) is 43.0 Å². The number of hydrogen-bond acceptors (Lipinski definition) is 4. The van der Waals surface area contributed by atoms with Crippen molar-refractivity contribution in [1.29, 1.82) is 0 Å². The van der Waals surface area contributed by atoms with Crippen molar-refractivity contribution in [2.24, 2.45) is 11.3 Å². The lowest BCUT2D eigenvalue weighted by molar-refractivity contribution is -0.128. The molecule has 2 heterocycles. The largest absolute Gasteiger partial charge is 0.326 e. The summed E-state index contributed by atoms with van der Waals surface area (Å²) in [5.74, 6) is 0.653. The number of aromatic nitrogens is 2. The van der Waals surface area contributed by atoms with Gasteiger partial charge in [-0.05, 0) is 43.0 Å². The molecule has 1 aliphatic heterocycles. The van der Waals surface area contributed by atoms with Crippen LogP contribution in [0.4, 0.5) is 5.69 Å². The minimum atomic E-state index is -0.218. The summed E-state index contributed by atoms with van der Waals surface area (Å²) in [4.78, 5) is 21.0. The Balaban J connectivity index is 1.50. The van der Waals surface area contributed by atoms with Crippen molar-refractivity contribution in [3.63, 3.8) is 0 Å². The summed E-state index contributed by atoms with van der Waals surface area (Å²) in [6, 6.07) is 7.91. The van der Waals surface area contributed by atoms with Crippen molar-refractivity contribution >= 4 is 11.6 Å². The average Bonchev–Trinajstić information content (AvgIpc) is 3.08. The maximum Gasteiger partial charge on any atom is 0.232 e. The van der Waals surface area contributed by atoms with E-state index >= 15 is 0 Å². The third kappa shape index (κ3) is 2.69. The van der Waals surface area contributed by atoms with Gasteiger partial charge in [0.25, 0.3) is 0 Å². The monoisotopic (exact) mass is 322 g/mol. The number of nitrogens with one attached hydrogen (secondary N) is 2. The topological polar surface area (TPSA) is 66.9 Å². The van der Waals surface area contributed by atoms with Gasteiger partial charge in [0.2, 0.25) is 5.91 Å². The van der Waals surface area contributed by atoms with Crippen LogP contribution in [-0.4, -0.2) is 29.0 Å². The zero-order valence-electron chi connectivity index (χ0n) is 13.7. The number of fused-ring (bicyclic) bond motifs is 1. The highest BCUT2D eigenvalue weighted by molar-refractivity contribution is 5.96. The summed E-state index contributed by atoms with van der Waals surface area (Å²) in [5, 5.41) is 6.57. The molecule has 1 saturated heterocycles. The molecule has 2 atom stereocenters. The molecule has 2 N–H and O–H groups in total. The second-order valence-corrected chi connectivity index (χ2v) is 6.89. The third-order valence-electron chi connectivity index (χ3n) is 5.53. The molecule has 2 aliphatic rings. The highest BCUT2D eigenvalue weighted by atomic mass is 16.2. The summed E-state index contributed by atoms with van der Waals surface area (Å²) >= 11 is 0. The Labute approximate surface area is 141 Å². The van der Waals surface area contributed by atoms with Crippen LogP contribution < -0.4 is 10.6 Å². The summed E-state index contributed by atoms with van der Waals surface area (Å²) in [5.41, 5.74) is 2.65. The third-order valence-corrected chi connectivity index (χ3v) is 5.53. The van der Waals surface area contributed by atoms with E-state index in [0.717, 1.165) is 49.2 Å². The fourth-order valence-corrected chi connectivity index (χ4v) is 4.14. The van der Waals surface area contributed by atoms with Crippen LogP contribution in [0.2, 0.25) is 0 Å². The second kappa shape index (κ2) is 6.32. The van der Waals surface area contributed by atoms with Gasteiger partial charge in [-0.3, -0.25) is 4.79 Å². The van der Waals surface area contributed by atoms with Gasteiger partial charge in [0, 0.05) is 30.2 Å². The van der Waals surface area contributed by atoms with Crippen LogP contribution in [0.15, 0.2) is 43.0 Å². The van der Waals surface area contributed by atoms with Crippen LogP contribution in [0.1, 0.15) is 25.7 Å². The minimum Gasteiger partial charge on any atom is -0.326 e. The van der Waals surface area contributed by atoms with E-state index in [4.69, 9.17) is 0 Å². The van der Waals surface area contributed by atoms with Gasteiger partial charge >= 0.3 is 0 Å². The Kier molecular flexibility index (Phi) is 4.02. The molecule has 0 spiro atoms. The summed E-state index contributed by atoms with van der Waals surface area (Å²) in [7, 11) is 0. The molecule has 4 rings (SSSR count). The molecule has 0 radical (unpaired) electrons. The lowest BCUT2D eigenvalue weighted by atomic mass is 9.67. The SMILES string of the molecule is O=C(Nc1ccc(-c2cncnc2)cc1)[C@@]12CCCC[C@H]1CNC2. The number of anilines is 1. The van der Waals surface area contributed by atoms with Gasteiger partial charge in [-0.25, -0.2) is 9.97 Å². The van der Waals surface area contributed by atoms with Crippen LogP contribution in [-0.2, 0) is 4.79 Å². The number of hydrogen-bond donors (Lipinski definition) is 2. The van der Waals surface area contributed by atoms with Crippen LogP contribution in [0.3, 0.4) is 0 Å². The maximum absolute atomic E-state index is 13.0. The molecular weight excluding hydrogens is 300 g/mol. The lowest BCUT2D eigenvalue weighted by Gasteiger charge is -2.37. The number of benzene rings is 1. The lowest BCUT2D eigenvalue weighted by Crippen LogP contribution is -2.44. The smallest absolute Gasteiger partial charge is 0.232 e. The van der Waals surface area contributed by atoms with Crippen LogP contribution in [0.5, 0.6) is 0 Å². The first-order valence-electron chi connectivity index (χ1n) is 8.66. The minimum absolute atomic E-state index is 0.174. The molecule has 1 aromatic heterocycles. The summed E-state index contributed by atoms with van der Waals surface area (Å²) < 4.78 is 0. The zero-order chi connectivity index (χ0) is 16.4. The molecule has 0 bridgehead atoms. The maximum atomic E-state index is 13.0. The first kappa shape index (κ1) is 15.3. The van der Waals surface area contributed by atoms with Crippen LogP contribution in [0, 0.1) is 11.3 Å². The standard InChI is InChI=1S/C19H22N4O/c24-18(19-8-2-1-3-16(19)11-20-12-19)23-17-6-4-14(5-7-17)15-9-21-13-22-10-15/h4-7,9-10,13,16,20H,1-3,8,11-12H2,(H,23,24)/t16-,19+/m0/s1. The molecule has 5 heteroatoms. The second-order valence-electron chi connectivity index (χ2n) is 6.89. The Bertz CT molecular complexity index is 716. The average molecular weight is 322 g/mol. The van der Waals surface area contributed by atoms with Crippen LogP contribution >= 0.6 is 0 Å².